The van der Waals surface area contributed by atoms with Crippen molar-refractivity contribution in [2.75, 3.05) is 6.54 Å². The molecule has 0 aliphatic carbocycles. The lowest BCUT2D eigenvalue weighted by molar-refractivity contribution is 0.294. The molecule has 0 aliphatic heterocycles. The van der Waals surface area contributed by atoms with Gasteiger partial charge in [-0.1, -0.05) is 38.5 Å². The van der Waals surface area contributed by atoms with E-state index < -0.39 is 10.0 Å². The quantitative estimate of drug-likeness (QED) is 0.547. The van der Waals surface area contributed by atoms with Gasteiger partial charge in [-0.15, -0.1) is 0 Å². The van der Waals surface area contributed by atoms with Gasteiger partial charge in [0.25, 0.3) is 0 Å². The number of fused-ring (bicyclic) bond motifs is 1. The van der Waals surface area contributed by atoms with Crippen molar-refractivity contribution < 1.29 is 13.2 Å². The Kier molecular flexibility index (Phi) is 6.13. The number of nitrogens with one attached hydrogen (secondary N) is 2. The fourth-order valence-electron chi connectivity index (χ4n) is 2.83. The molecule has 0 spiro atoms. The predicted molar refractivity (Wildman–Crippen MR) is 106 cm³/mol. The highest BCUT2D eigenvalue weighted by atomic mass is 32.2. The zero-order valence-corrected chi connectivity index (χ0v) is 16.5. The summed E-state index contributed by atoms with van der Waals surface area (Å²) >= 11 is 0. The monoisotopic (exact) mass is 387 g/mol. The number of sulfonamides is 1. The van der Waals surface area contributed by atoms with E-state index in [1.54, 1.807) is 18.2 Å². The van der Waals surface area contributed by atoms with Crippen LogP contribution in [0, 0.1) is 0 Å². The van der Waals surface area contributed by atoms with E-state index in [4.69, 9.17) is 4.74 Å². The van der Waals surface area contributed by atoms with Gasteiger partial charge < -0.3 is 9.72 Å². The van der Waals surface area contributed by atoms with E-state index in [-0.39, 0.29) is 4.90 Å². The van der Waals surface area contributed by atoms with Gasteiger partial charge in [-0.3, -0.25) is 0 Å². The number of benzene rings is 2. The Morgan fingerprint density at radius 1 is 1.15 bits per heavy atom. The first-order chi connectivity index (χ1) is 13.0. The second-order valence-corrected chi connectivity index (χ2v) is 8.13. The molecule has 6 nitrogen and oxygen atoms in total. The van der Waals surface area contributed by atoms with Crippen LogP contribution in [0.3, 0.4) is 0 Å². The van der Waals surface area contributed by atoms with Gasteiger partial charge in [0.05, 0.1) is 15.9 Å². The Morgan fingerprint density at radius 3 is 2.74 bits per heavy atom. The average molecular weight is 388 g/mol. The number of para-hydroxylation sites is 1. The van der Waals surface area contributed by atoms with Gasteiger partial charge in [-0.25, -0.2) is 18.1 Å². The van der Waals surface area contributed by atoms with Crippen molar-refractivity contribution >= 4 is 21.1 Å². The largest absolute Gasteiger partial charge is 0.485 e. The lowest BCUT2D eigenvalue weighted by atomic mass is 10.1. The molecule has 0 amide bonds. The van der Waals surface area contributed by atoms with E-state index in [0.717, 1.165) is 30.6 Å². The van der Waals surface area contributed by atoms with Crippen LogP contribution < -0.4 is 9.46 Å². The van der Waals surface area contributed by atoms with Crippen LogP contribution in [0.1, 0.15) is 38.1 Å². The molecule has 1 heterocycles. The molecule has 144 valence electrons. The summed E-state index contributed by atoms with van der Waals surface area (Å²) in [4.78, 5) is 7.88. The molecule has 2 aromatic carbocycles. The summed E-state index contributed by atoms with van der Waals surface area (Å²) in [7, 11) is -3.51. The number of rotatable bonds is 9. The van der Waals surface area contributed by atoms with Crippen LogP contribution in [0.2, 0.25) is 0 Å². The van der Waals surface area contributed by atoms with Crippen LogP contribution in [-0.2, 0) is 23.1 Å². The molecule has 2 N–H and O–H groups in total. The highest BCUT2D eigenvalue weighted by Gasteiger charge is 2.15. The Morgan fingerprint density at radius 2 is 1.96 bits per heavy atom. The van der Waals surface area contributed by atoms with Gasteiger partial charge >= 0.3 is 0 Å². The molecule has 0 radical (unpaired) electrons. The third kappa shape index (κ3) is 4.67. The molecule has 0 unspecified atom stereocenters. The third-order valence-corrected chi connectivity index (χ3v) is 5.81. The van der Waals surface area contributed by atoms with E-state index >= 15 is 0 Å². The number of aromatic amines is 1. The first kappa shape index (κ1) is 19.4. The molecule has 1 aromatic heterocycles. The molecule has 0 saturated heterocycles. The van der Waals surface area contributed by atoms with Gasteiger partial charge in [0.1, 0.15) is 18.2 Å². The van der Waals surface area contributed by atoms with Gasteiger partial charge in [0.15, 0.2) is 0 Å². The second-order valence-electron chi connectivity index (χ2n) is 6.36. The van der Waals surface area contributed by atoms with Crippen LogP contribution in [0.25, 0.3) is 11.0 Å². The number of nitrogens with zero attached hydrogens (tertiary/aromatic N) is 1. The number of aryl methyl sites for hydroxylation is 1. The first-order valence-electron chi connectivity index (χ1n) is 9.22. The third-order valence-electron chi connectivity index (χ3n) is 4.35. The highest BCUT2D eigenvalue weighted by molar-refractivity contribution is 7.89. The maximum Gasteiger partial charge on any atom is 0.240 e. The Labute approximate surface area is 160 Å². The van der Waals surface area contributed by atoms with Crippen molar-refractivity contribution in [2.45, 2.75) is 44.6 Å². The number of hydrogen-bond acceptors (Lipinski definition) is 4. The maximum atomic E-state index is 12.4. The minimum Gasteiger partial charge on any atom is -0.485 e. The van der Waals surface area contributed by atoms with Crippen LogP contribution >= 0.6 is 0 Å². The summed E-state index contributed by atoms with van der Waals surface area (Å²) in [6.45, 7) is 4.84. The first-order valence-corrected chi connectivity index (χ1v) is 10.7. The molecule has 0 bridgehead atoms. The molecule has 3 aromatic rings. The number of imidazole rings is 1. The number of ether oxygens (including phenoxy) is 1. The van der Waals surface area contributed by atoms with Crippen molar-refractivity contribution in [3.63, 3.8) is 0 Å². The van der Waals surface area contributed by atoms with Crippen molar-refractivity contribution in [1.82, 2.24) is 14.7 Å². The number of H-pyrrole nitrogens is 1. The van der Waals surface area contributed by atoms with Crippen LogP contribution in [0.4, 0.5) is 0 Å². The van der Waals surface area contributed by atoms with Crippen LogP contribution in [0.15, 0.2) is 47.4 Å². The molecular formula is C20H25N3O3S. The number of aromatic nitrogens is 2. The molecule has 27 heavy (non-hydrogen) atoms. The van der Waals surface area contributed by atoms with Crippen molar-refractivity contribution in [1.29, 1.82) is 0 Å². The highest BCUT2D eigenvalue weighted by Crippen LogP contribution is 2.21. The normalized spacial score (nSPS) is 11.8. The Hall–Kier alpha value is -2.38. The second kappa shape index (κ2) is 8.54. The molecule has 3 rings (SSSR count). The topological polar surface area (TPSA) is 84.1 Å². The van der Waals surface area contributed by atoms with E-state index in [0.29, 0.717) is 30.0 Å². The predicted octanol–water partition coefficient (Wildman–Crippen LogP) is 3.78. The zero-order chi connectivity index (χ0) is 19.3. The minimum atomic E-state index is -3.51. The fourth-order valence-corrected chi connectivity index (χ4v) is 3.93. The lowest BCUT2D eigenvalue weighted by Crippen LogP contribution is -2.24. The van der Waals surface area contributed by atoms with Crippen molar-refractivity contribution in [3.8, 4) is 5.75 Å². The van der Waals surface area contributed by atoms with E-state index in [1.807, 2.05) is 31.2 Å². The smallest absolute Gasteiger partial charge is 0.240 e. The summed E-state index contributed by atoms with van der Waals surface area (Å²) in [6.07, 6.45) is 2.64. The molecule has 0 aliphatic rings. The van der Waals surface area contributed by atoms with Crippen molar-refractivity contribution in [2.24, 2.45) is 0 Å². The summed E-state index contributed by atoms with van der Waals surface area (Å²) in [5.41, 5.74) is 2.53. The molecule has 0 fully saturated rings. The van der Waals surface area contributed by atoms with E-state index in [1.165, 1.54) is 0 Å². The average Bonchev–Trinajstić information content (AvgIpc) is 3.09. The number of hydrogen-bond donors (Lipinski definition) is 2. The Bertz CT molecular complexity index is 1010. The lowest BCUT2D eigenvalue weighted by Gasteiger charge is -2.08. The Balaban J connectivity index is 1.76. The molecule has 7 heteroatoms. The molecule has 0 saturated carbocycles. The molecular weight excluding hydrogens is 362 g/mol. The SMILES string of the molecule is CCCCNS(=O)(=O)c1ccc2nc(COc3ccccc3CC)[nH]c2c1. The van der Waals surface area contributed by atoms with Crippen LogP contribution in [-0.4, -0.2) is 24.9 Å². The zero-order valence-electron chi connectivity index (χ0n) is 15.7. The van der Waals surface area contributed by atoms with E-state index in [2.05, 4.69) is 21.6 Å². The van der Waals surface area contributed by atoms with Gasteiger partial charge in [0, 0.05) is 6.54 Å². The maximum absolute atomic E-state index is 12.4. The van der Waals surface area contributed by atoms with Crippen molar-refractivity contribution in [3.05, 3.63) is 53.9 Å². The standard InChI is InChI=1S/C20H25N3O3S/c1-3-5-12-21-27(24,25)16-10-11-17-18(13-16)23-20(22-17)14-26-19-9-7-6-8-15(19)4-2/h6-11,13,21H,3-5,12,14H2,1-2H3,(H,22,23). The number of unbranched alkanes of at least 4 members (excludes halogenated alkanes) is 1. The minimum absolute atomic E-state index is 0.235. The van der Waals surface area contributed by atoms with Gasteiger partial charge in [0.2, 0.25) is 10.0 Å². The van der Waals surface area contributed by atoms with Gasteiger partial charge in [-0.05, 0) is 42.7 Å². The van der Waals surface area contributed by atoms with Gasteiger partial charge in [-0.2, -0.15) is 0 Å². The summed E-state index contributed by atoms with van der Waals surface area (Å²) in [6, 6.07) is 12.8. The van der Waals surface area contributed by atoms with E-state index in [9.17, 15) is 8.42 Å². The van der Waals surface area contributed by atoms with Crippen LogP contribution in [0.5, 0.6) is 5.75 Å². The summed E-state index contributed by atoms with van der Waals surface area (Å²) in [5, 5.41) is 0. The summed E-state index contributed by atoms with van der Waals surface area (Å²) < 4.78 is 33.2. The fraction of sp³-hybridized carbons (Fsp3) is 0.350. The summed E-state index contributed by atoms with van der Waals surface area (Å²) in [5.74, 6) is 1.49. The molecule has 0 atom stereocenters.